The lowest BCUT2D eigenvalue weighted by Crippen LogP contribution is -2.42. The SMILES string of the molecule is COc1cc2c(cc1CNCCN)[C@H]1CC[C@]3(C)C(=O)CC[C@H]3[C@@H]1CC2. The third-order valence-electron chi connectivity index (χ3n) is 7.47. The Labute approximate surface area is 156 Å². The summed E-state index contributed by atoms with van der Waals surface area (Å²) in [6.07, 6.45) is 6.45. The first-order valence-electron chi connectivity index (χ1n) is 10.2. The van der Waals surface area contributed by atoms with Gasteiger partial charge in [-0.15, -0.1) is 0 Å². The second-order valence-corrected chi connectivity index (χ2v) is 8.66. The third-order valence-corrected chi connectivity index (χ3v) is 7.47. The molecule has 1 aromatic carbocycles. The molecule has 0 bridgehead atoms. The fraction of sp³-hybridized carbons (Fsp3) is 0.682. The van der Waals surface area contributed by atoms with E-state index in [0.717, 1.165) is 50.9 Å². The van der Waals surface area contributed by atoms with Gasteiger partial charge in [-0.25, -0.2) is 0 Å². The average molecular weight is 357 g/mol. The number of nitrogens with one attached hydrogen (secondary N) is 1. The Morgan fingerprint density at radius 2 is 2.12 bits per heavy atom. The number of fused-ring (bicyclic) bond motifs is 5. The van der Waals surface area contributed by atoms with E-state index in [-0.39, 0.29) is 5.41 Å². The molecule has 3 aliphatic carbocycles. The molecule has 4 heteroatoms. The zero-order valence-electron chi connectivity index (χ0n) is 16.1. The van der Waals surface area contributed by atoms with Gasteiger partial charge < -0.3 is 15.8 Å². The van der Waals surface area contributed by atoms with Gasteiger partial charge in [-0.3, -0.25) is 4.79 Å². The zero-order valence-corrected chi connectivity index (χ0v) is 16.1. The topological polar surface area (TPSA) is 64.3 Å². The molecule has 0 heterocycles. The van der Waals surface area contributed by atoms with Crippen LogP contribution < -0.4 is 15.8 Å². The van der Waals surface area contributed by atoms with E-state index in [9.17, 15) is 4.79 Å². The molecule has 142 valence electrons. The minimum Gasteiger partial charge on any atom is -0.496 e. The van der Waals surface area contributed by atoms with Gasteiger partial charge in [0.2, 0.25) is 0 Å². The Morgan fingerprint density at radius 3 is 2.88 bits per heavy atom. The summed E-state index contributed by atoms with van der Waals surface area (Å²) in [4.78, 5) is 12.5. The van der Waals surface area contributed by atoms with Gasteiger partial charge in [-0.2, -0.15) is 0 Å². The third kappa shape index (κ3) is 2.78. The van der Waals surface area contributed by atoms with Crippen LogP contribution in [-0.2, 0) is 17.8 Å². The number of hydrogen-bond acceptors (Lipinski definition) is 4. The number of Topliss-reactive ketones (excluding diaryl/α,β-unsaturated/α-hetero) is 1. The first kappa shape index (κ1) is 18.0. The summed E-state index contributed by atoms with van der Waals surface area (Å²) < 4.78 is 5.66. The van der Waals surface area contributed by atoms with Crippen LogP contribution in [0.1, 0.15) is 61.6 Å². The van der Waals surface area contributed by atoms with Crippen LogP contribution in [0.5, 0.6) is 5.75 Å². The molecule has 4 nitrogen and oxygen atoms in total. The van der Waals surface area contributed by atoms with Gasteiger partial charge >= 0.3 is 0 Å². The van der Waals surface area contributed by atoms with Crippen LogP contribution in [0.4, 0.5) is 0 Å². The van der Waals surface area contributed by atoms with E-state index >= 15 is 0 Å². The maximum atomic E-state index is 12.5. The maximum absolute atomic E-state index is 12.5. The number of ketones is 1. The number of carbonyl (C=O) groups excluding carboxylic acids is 1. The summed E-state index contributed by atoms with van der Waals surface area (Å²) >= 11 is 0. The van der Waals surface area contributed by atoms with Crippen molar-refractivity contribution in [2.24, 2.45) is 23.0 Å². The molecular weight excluding hydrogens is 324 g/mol. The van der Waals surface area contributed by atoms with Crippen LogP contribution in [-0.4, -0.2) is 26.0 Å². The van der Waals surface area contributed by atoms with Gasteiger partial charge in [0, 0.05) is 37.0 Å². The first-order chi connectivity index (χ1) is 12.6. The smallest absolute Gasteiger partial charge is 0.139 e. The van der Waals surface area contributed by atoms with Crippen molar-refractivity contribution >= 4 is 5.78 Å². The van der Waals surface area contributed by atoms with Crippen molar-refractivity contribution in [2.45, 2.75) is 57.9 Å². The summed E-state index contributed by atoms with van der Waals surface area (Å²) in [7, 11) is 1.76. The molecule has 0 unspecified atom stereocenters. The summed E-state index contributed by atoms with van der Waals surface area (Å²) in [5, 5.41) is 3.40. The van der Waals surface area contributed by atoms with E-state index in [1.807, 2.05) is 0 Å². The highest BCUT2D eigenvalue weighted by Crippen LogP contribution is 2.59. The molecule has 0 spiro atoms. The fourth-order valence-corrected chi connectivity index (χ4v) is 6.07. The Morgan fingerprint density at radius 1 is 1.27 bits per heavy atom. The van der Waals surface area contributed by atoms with E-state index in [0.29, 0.717) is 30.1 Å². The molecule has 4 rings (SSSR count). The lowest BCUT2D eigenvalue weighted by Gasteiger charge is -2.48. The number of aryl methyl sites for hydroxylation is 1. The maximum Gasteiger partial charge on any atom is 0.139 e. The molecule has 3 aliphatic rings. The zero-order chi connectivity index (χ0) is 18.3. The molecule has 0 radical (unpaired) electrons. The van der Waals surface area contributed by atoms with Gasteiger partial charge in [0.05, 0.1) is 7.11 Å². The molecule has 4 atom stereocenters. The summed E-state index contributed by atoms with van der Waals surface area (Å²) in [6, 6.07) is 4.65. The molecule has 2 fully saturated rings. The van der Waals surface area contributed by atoms with Crippen molar-refractivity contribution in [2.75, 3.05) is 20.2 Å². The van der Waals surface area contributed by atoms with Crippen molar-refractivity contribution in [1.82, 2.24) is 5.32 Å². The van der Waals surface area contributed by atoms with Gasteiger partial charge in [0.1, 0.15) is 11.5 Å². The van der Waals surface area contributed by atoms with Crippen LogP contribution >= 0.6 is 0 Å². The monoisotopic (exact) mass is 356 g/mol. The second kappa shape index (κ2) is 6.97. The number of ether oxygens (including phenoxy) is 1. The predicted molar refractivity (Wildman–Crippen MR) is 103 cm³/mol. The van der Waals surface area contributed by atoms with E-state index in [2.05, 4.69) is 24.4 Å². The highest BCUT2D eigenvalue weighted by Gasteiger charge is 2.54. The van der Waals surface area contributed by atoms with Crippen LogP contribution in [0.25, 0.3) is 0 Å². The van der Waals surface area contributed by atoms with Crippen molar-refractivity contribution in [3.8, 4) is 5.75 Å². The molecule has 3 N–H and O–H groups in total. The molecule has 0 amide bonds. The molecule has 0 aliphatic heterocycles. The lowest BCUT2D eigenvalue weighted by molar-refractivity contribution is -0.129. The second-order valence-electron chi connectivity index (χ2n) is 8.66. The van der Waals surface area contributed by atoms with Gasteiger partial charge in [0.25, 0.3) is 0 Å². The number of benzene rings is 1. The van der Waals surface area contributed by atoms with E-state index in [4.69, 9.17) is 10.5 Å². The summed E-state index contributed by atoms with van der Waals surface area (Å²) in [5.41, 5.74) is 9.78. The van der Waals surface area contributed by atoms with Gasteiger partial charge in [-0.1, -0.05) is 13.0 Å². The molecule has 0 aromatic heterocycles. The lowest BCUT2D eigenvalue weighted by atomic mass is 9.55. The minimum atomic E-state index is -0.0450. The Hall–Kier alpha value is -1.39. The standard InChI is InChI=1S/C22H32N2O2/c1-22-8-7-16-17(19(22)5-6-21(22)25)4-3-14-12-20(26-2)15(11-18(14)16)13-24-10-9-23/h11-12,16-17,19,24H,3-10,13,23H2,1-2H3/t16-,17+,19-,22-/m0/s1. The van der Waals surface area contributed by atoms with Crippen molar-refractivity contribution in [1.29, 1.82) is 0 Å². The Bertz CT molecular complexity index is 702. The van der Waals surface area contributed by atoms with E-state index in [1.54, 1.807) is 7.11 Å². The number of methoxy groups -OCH3 is 1. The molecule has 0 saturated heterocycles. The van der Waals surface area contributed by atoms with Crippen LogP contribution in [0.2, 0.25) is 0 Å². The Kier molecular flexibility index (Phi) is 4.83. The largest absolute Gasteiger partial charge is 0.496 e. The number of hydrogen-bond donors (Lipinski definition) is 2. The summed E-state index contributed by atoms with van der Waals surface area (Å²) in [5.74, 6) is 3.38. The highest BCUT2D eigenvalue weighted by molar-refractivity contribution is 5.87. The van der Waals surface area contributed by atoms with E-state index < -0.39 is 0 Å². The van der Waals surface area contributed by atoms with E-state index in [1.165, 1.54) is 23.1 Å². The van der Waals surface area contributed by atoms with Crippen molar-refractivity contribution in [3.63, 3.8) is 0 Å². The molecule has 26 heavy (non-hydrogen) atoms. The van der Waals surface area contributed by atoms with Crippen LogP contribution in [0.15, 0.2) is 12.1 Å². The van der Waals surface area contributed by atoms with Gasteiger partial charge in [-0.05, 0) is 67.1 Å². The van der Waals surface area contributed by atoms with Crippen molar-refractivity contribution in [3.05, 3.63) is 28.8 Å². The highest BCUT2D eigenvalue weighted by atomic mass is 16.5. The molecule has 1 aromatic rings. The normalized spacial score (nSPS) is 32.7. The van der Waals surface area contributed by atoms with Crippen LogP contribution in [0.3, 0.4) is 0 Å². The fourth-order valence-electron chi connectivity index (χ4n) is 6.07. The molecular formula is C22H32N2O2. The number of carbonyl (C=O) groups is 1. The Balaban J connectivity index is 1.65. The van der Waals surface area contributed by atoms with Crippen molar-refractivity contribution < 1.29 is 9.53 Å². The number of rotatable bonds is 5. The number of nitrogens with two attached hydrogens (primary N) is 1. The first-order valence-corrected chi connectivity index (χ1v) is 10.2. The quantitative estimate of drug-likeness (QED) is 0.796. The predicted octanol–water partition coefficient (Wildman–Crippen LogP) is 3.17. The van der Waals surface area contributed by atoms with Crippen LogP contribution in [0, 0.1) is 17.3 Å². The van der Waals surface area contributed by atoms with Gasteiger partial charge in [0.15, 0.2) is 0 Å². The minimum absolute atomic E-state index is 0.0450. The molecule has 2 saturated carbocycles. The average Bonchev–Trinajstić information content (AvgIpc) is 2.96. The summed E-state index contributed by atoms with van der Waals surface area (Å²) in [6.45, 7) is 4.50.